The van der Waals surface area contributed by atoms with Gasteiger partial charge in [-0.05, 0) is 18.2 Å². The number of carbonyl (C=O) groups excluding carboxylic acids is 1. The van der Waals surface area contributed by atoms with E-state index in [1.54, 1.807) is 11.6 Å². The summed E-state index contributed by atoms with van der Waals surface area (Å²) < 4.78 is 0. The maximum absolute atomic E-state index is 11.6. The number of hydrogen-bond acceptors (Lipinski definition) is 4. The highest BCUT2D eigenvalue weighted by Crippen LogP contribution is 2.23. The van der Waals surface area contributed by atoms with Gasteiger partial charge in [-0.2, -0.15) is 0 Å². The summed E-state index contributed by atoms with van der Waals surface area (Å²) in [6.45, 7) is 0. The zero-order chi connectivity index (χ0) is 13.8. The third-order valence-electron chi connectivity index (χ3n) is 2.12. The van der Waals surface area contributed by atoms with E-state index in [9.17, 15) is 9.59 Å². The minimum atomic E-state index is -1.08. The molecular formula is C11H8ClN3O3S. The highest BCUT2D eigenvalue weighted by atomic mass is 35.5. The van der Waals surface area contributed by atoms with Crippen molar-refractivity contribution in [3.8, 4) is 0 Å². The van der Waals surface area contributed by atoms with E-state index in [2.05, 4.69) is 15.6 Å². The quantitative estimate of drug-likeness (QED) is 0.811. The van der Waals surface area contributed by atoms with E-state index in [0.29, 0.717) is 10.8 Å². The summed E-state index contributed by atoms with van der Waals surface area (Å²) in [5.74, 6) is -1.08. The predicted octanol–water partition coefficient (Wildman–Crippen LogP) is 3.14. The number of anilines is 2. The van der Waals surface area contributed by atoms with E-state index >= 15 is 0 Å². The lowest BCUT2D eigenvalue weighted by Crippen LogP contribution is -2.19. The Hall–Kier alpha value is -2.12. The maximum atomic E-state index is 11.6. The third-order valence-corrected chi connectivity index (χ3v) is 3.12. The van der Waals surface area contributed by atoms with Gasteiger partial charge in [0.15, 0.2) is 5.13 Å². The van der Waals surface area contributed by atoms with E-state index < -0.39 is 12.0 Å². The first-order valence-electron chi connectivity index (χ1n) is 5.06. The summed E-state index contributed by atoms with van der Waals surface area (Å²) in [5, 5.41) is 16.1. The molecule has 3 N–H and O–H groups in total. The monoisotopic (exact) mass is 297 g/mol. The molecule has 0 spiro atoms. The lowest BCUT2D eigenvalue weighted by molar-refractivity contribution is 0.0697. The van der Waals surface area contributed by atoms with Crippen LogP contribution in [-0.4, -0.2) is 22.1 Å². The van der Waals surface area contributed by atoms with Crippen molar-refractivity contribution >= 4 is 45.8 Å². The van der Waals surface area contributed by atoms with Gasteiger partial charge in [-0.1, -0.05) is 11.6 Å². The molecule has 2 amide bonds. The molecule has 0 atom stereocenters. The Morgan fingerprint density at radius 1 is 1.32 bits per heavy atom. The molecule has 2 aromatic rings. The van der Waals surface area contributed by atoms with E-state index in [1.165, 1.54) is 29.5 Å². The number of nitrogens with one attached hydrogen (secondary N) is 2. The van der Waals surface area contributed by atoms with Gasteiger partial charge in [0, 0.05) is 11.6 Å². The van der Waals surface area contributed by atoms with Crippen LogP contribution in [0.1, 0.15) is 10.4 Å². The highest BCUT2D eigenvalue weighted by Gasteiger charge is 2.10. The summed E-state index contributed by atoms with van der Waals surface area (Å²) in [6, 6.07) is 3.54. The number of thiazole rings is 1. The molecule has 6 nitrogen and oxygen atoms in total. The summed E-state index contributed by atoms with van der Waals surface area (Å²) >= 11 is 7.16. The second-order valence-corrected chi connectivity index (χ2v) is 4.72. The molecule has 0 aliphatic heterocycles. The van der Waals surface area contributed by atoms with Crippen LogP contribution in [0.4, 0.5) is 15.6 Å². The van der Waals surface area contributed by atoms with Gasteiger partial charge in [-0.15, -0.1) is 11.3 Å². The molecule has 0 fully saturated rings. The minimum Gasteiger partial charge on any atom is -0.478 e. The fraction of sp³-hybridized carbons (Fsp3) is 0. The van der Waals surface area contributed by atoms with E-state index in [1.807, 2.05) is 0 Å². The minimum absolute atomic E-state index is 0.0517. The number of hydrogen-bond donors (Lipinski definition) is 3. The normalized spacial score (nSPS) is 9.95. The molecule has 0 aliphatic rings. The molecule has 1 aromatic heterocycles. The second-order valence-electron chi connectivity index (χ2n) is 3.42. The lowest BCUT2D eigenvalue weighted by Gasteiger charge is -2.07. The van der Waals surface area contributed by atoms with Crippen LogP contribution in [0, 0.1) is 0 Å². The number of urea groups is 1. The van der Waals surface area contributed by atoms with Gasteiger partial charge in [-0.3, -0.25) is 5.32 Å². The standard InChI is InChI=1S/C11H8ClN3O3S/c12-7-5-6(9(16)17)1-2-8(7)14-10(18)15-11-13-3-4-19-11/h1-5H,(H,16,17)(H2,13,14,15,18). The number of benzene rings is 1. The maximum Gasteiger partial charge on any atom is 0.335 e. The molecular weight excluding hydrogens is 290 g/mol. The van der Waals surface area contributed by atoms with Crippen LogP contribution in [0.25, 0.3) is 0 Å². The van der Waals surface area contributed by atoms with Crippen molar-refractivity contribution in [2.75, 3.05) is 10.6 Å². The summed E-state index contributed by atoms with van der Waals surface area (Å²) in [4.78, 5) is 26.2. The Morgan fingerprint density at radius 3 is 2.68 bits per heavy atom. The zero-order valence-corrected chi connectivity index (χ0v) is 11.0. The Bertz CT molecular complexity index is 616. The van der Waals surface area contributed by atoms with E-state index in [4.69, 9.17) is 16.7 Å². The average Bonchev–Trinajstić information content (AvgIpc) is 2.84. The van der Waals surface area contributed by atoms with E-state index in [0.717, 1.165) is 0 Å². The topological polar surface area (TPSA) is 91.3 Å². The summed E-state index contributed by atoms with van der Waals surface area (Å²) in [5.41, 5.74) is 0.372. The second kappa shape index (κ2) is 5.68. The Balaban J connectivity index is 2.07. The van der Waals surface area contributed by atoms with Crippen molar-refractivity contribution in [3.63, 3.8) is 0 Å². The number of carboxylic acid groups (broad SMARTS) is 1. The van der Waals surface area contributed by atoms with Crippen LogP contribution in [-0.2, 0) is 0 Å². The highest BCUT2D eigenvalue weighted by molar-refractivity contribution is 7.13. The largest absolute Gasteiger partial charge is 0.478 e. The van der Waals surface area contributed by atoms with Gasteiger partial charge in [0.1, 0.15) is 0 Å². The van der Waals surface area contributed by atoms with Gasteiger partial charge in [0.2, 0.25) is 0 Å². The van der Waals surface area contributed by atoms with Crippen molar-refractivity contribution < 1.29 is 14.7 Å². The lowest BCUT2D eigenvalue weighted by atomic mass is 10.2. The van der Waals surface area contributed by atoms with Crippen molar-refractivity contribution in [2.24, 2.45) is 0 Å². The van der Waals surface area contributed by atoms with Gasteiger partial charge in [-0.25, -0.2) is 14.6 Å². The number of rotatable bonds is 3. The molecule has 0 bridgehead atoms. The SMILES string of the molecule is O=C(Nc1nccs1)Nc1ccc(C(=O)O)cc1Cl. The molecule has 0 unspecified atom stereocenters. The number of amides is 2. The molecule has 98 valence electrons. The van der Waals surface area contributed by atoms with Crippen LogP contribution in [0.3, 0.4) is 0 Å². The van der Waals surface area contributed by atoms with Crippen LogP contribution in [0.2, 0.25) is 5.02 Å². The first kappa shape index (κ1) is 13.3. The van der Waals surface area contributed by atoms with E-state index in [-0.39, 0.29) is 10.6 Å². The van der Waals surface area contributed by atoms with Crippen molar-refractivity contribution in [1.82, 2.24) is 4.98 Å². The van der Waals surface area contributed by atoms with Crippen molar-refractivity contribution in [3.05, 3.63) is 40.4 Å². The van der Waals surface area contributed by atoms with Gasteiger partial charge in [0.25, 0.3) is 0 Å². The molecule has 19 heavy (non-hydrogen) atoms. The van der Waals surface area contributed by atoms with Gasteiger partial charge < -0.3 is 10.4 Å². The van der Waals surface area contributed by atoms with Crippen LogP contribution >= 0.6 is 22.9 Å². The number of aromatic nitrogens is 1. The van der Waals surface area contributed by atoms with Crippen LogP contribution in [0.15, 0.2) is 29.8 Å². The fourth-order valence-corrected chi connectivity index (χ4v) is 2.04. The zero-order valence-electron chi connectivity index (χ0n) is 9.38. The average molecular weight is 298 g/mol. The Morgan fingerprint density at radius 2 is 2.11 bits per heavy atom. The molecule has 2 rings (SSSR count). The molecule has 1 heterocycles. The van der Waals surface area contributed by atoms with Crippen molar-refractivity contribution in [2.45, 2.75) is 0 Å². The van der Waals surface area contributed by atoms with Gasteiger partial charge >= 0.3 is 12.0 Å². The Kier molecular flexibility index (Phi) is 3.98. The number of nitrogens with zero attached hydrogens (tertiary/aromatic N) is 1. The first-order chi connectivity index (χ1) is 9.06. The van der Waals surface area contributed by atoms with Crippen molar-refractivity contribution in [1.29, 1.82) is 0 Å². The number of carboxylic acids is 1. The smallest absolute Gasteiger partial charge is 0.335 e. The number of halogens is 1. The molecule has 0 radical (unpaired) electrons. The third kappa shape index (κ3) is 3.43. The summed E-state index contributed by atoms with van der Waals surface area (Å²) in [6.07, 6.45) is 1.56. The molecule has 0 saturated carbocycles. The molecule has 0 aliphatic carbocycles. The fourth-order valence-electron chi connectivity index (χ4n) is 1.29. The Labute approximate surface area is 117 Å². The van der Waals surface area contributed by atoms with Crippen LogP contribution in [0.5, 0.6) is 0 Å². The van der Waals surface area contributed by atoms with Crippen LogP contribution < -0.4 is 10.6 Å². The summed E-state index contributed by atoms with van der Waals surface area (Å²) in [7, 11) is 0. The number of aromatic carboxylic acids is 1. The molecule has 8 heteroatoms. The number of carbonyl (C=O) groups is 2. The molecule has 1 aromatic carbocycles. The predicted molar refractivity (Wildman–Crippen MR) is 73.2 cm³/mol. The first-order valence-corrected chi connectivity index (χ1v) is 6.32. The van der Waals surface area contributed by atoms with Gasteiger partial charge in [0.05, 0.1) is 16.3 Å². The molecule has 0 saturated heterocycles.